The van der Waals surface area contributed by atoms with Crippen LogP contribution in [0.1, 0.15) is 5.56 Å². The quantitative estimate of drug-likeness (QED) is 0.613. The molecule has 0 amide bonds. The van der Waals surface area contributed by atoms with Crippen LogP contribution in [0.3, 0.4) is 0 Å². The fraction of sp³-hybridized carbons (Fsp3) is 0.125. The molecule has 0 radical (unpaired) electrons. The van der Waals surface area contributed by atoms with E-state index in [-0.39, 0.29) is 0 Å². The summed E-state index contributed by atoms with van der Waals surface area (Å²) >= 11 is 2.14. The van der Waals surface area contributed by atoms with E-state index >= 15 is 0 Å². The topological polar surface area (TPSA) is 17.1 Å². The Bertz CT molecular complexity index is 322. The fourth-order valence-corrected chi connectivity index (χ4v) is 8.06. The zero-order chi connectivity index (χ0) is 7.84. The van der Waals surface area contributed by atoms with Crippen molar-refractivity contribution in [3.05, 3.63) is 28.2 Å². The third-order valence-corrected chi connectivity index (χ3v) is 7.93. The number of carbonyl (C=O) groups excluding carboxylic acids is 1. The first-order chi connectivity index (χ1) is 5.25. The predicted octanol–water partition coefficient (Wildman–Crippen LogP) is 1.24. The molecule has 0 N–H and O–H groups in total. The van der Waals surface area contributed by atoms with E-state index in [0.29, 0.717) is 0.963 Å². The van der Waals surface area contributed by atoms with Crippen molar-refractivity contribution in [2.45, 2.75) is 6.42 Å². The van der Waals surface area contributed by atoms with Gasteiger partial charge in [0, 0.05) is 0 Å². The standard InChI is InChI=1S/C8H5BrO.Ac/c9-8-3-1-7(2-4-8)5-6-10;/h1,3-4H,5H2;. The molecule has 3 heteroatoms. The molecule has 2 rings (SSSR count). The van der Waals surface area contributed by atoms with Crippen LogP contribution in [0.4, 0.5) is 0 Å². The van der Waals surface area contributed by atoms with Crippen molar-refractivity contribution in [1.82, 2.24) is 0 Å². The van der Waals surface area contributed by atoms with Crippen molar-refractivity contribution in [1.29, 1.82) is 0 Å². The number of hydrogen-bond acceptors (Lipinski definition) is 1. The summed E-state index contributed by atoms with van der Waals surface area (Å²) in [4.78, 5) is 11.1. The van der Waals surface area contributed by atoms with E-state index in [9.17, 15) is 4.79 Å². The molecule has 1 nitrogen and oxygen atoms in total. The molecule has 0 unspecified atom stereocenters. The molecule has 0 fully saturated rings. The normalized spacial score (nSPS) is 13.7. The molecule has 1 aromatic rings. The second kappa shape index (κ2) is 3.28. The summed E-state index contributed by atoms with van der Waals surface area (Å²) in [6.45, 7) is 0. The Labute approximate surface area is 95.2 Å². The molecular weight excluding hydrogens is 419 g/mol. The predicted molar refractivity (Wildman–Crippen MR) is 42.5 cm³/mol. The monoisotopic (exact) mass is 423 g/mol. The van der Waals surface area contributed by atoms with E-state index in [1.165, 1.54) is 6.31 Å². The number of rotatable bonds is 0. The van der Waals surface area contributed by atoms with E-state index in [1.54, 1.807) is 0 Å². The van der Waals surface area contributed by atoms with Crippen LogP contribution < -0.4 is 0.743 Å². The molecule has 0 atom stereocenters. The van der Waals surface area contributed by atoms with Gasteiger partial charge in [0.25, 0.3) is 0 Å². The van der Waals surface area contributed by atoms with Crippen LogP contribution in [0.2, 0.25) is 0 Å². The van der Waals surface area contributed by atoms with Gasteiger partial charge in [-0.3, -0.25) is 0 Å². The minimum atomic E-state index is -1.27. The number of fused-ring (bicyclic) bond motifs is 1. The van der Waals surface area contributed by atoms with Crippen LogP contribution in [-0.4, -0.2) is 0.963 Å². The second-order valence-corrected chi connectivity index (χ2v) is 9.94. The molecule has 1 heterocycles. The third kappa shape index (κ3) is 1.76. The number of halogens is 1. The molecule has 1 aliphatic heterocycles. The average molecular weight is 424 g/mol. The van der Waals surface area contributed by atoms with Crippen molar-refractivity contribution in [2.24, 2.45) is 0 Å². The molecule has 0 bridgehead atoms. The summed E-state index contributed by atoms with van der Waals surface area (Å²) in [6.07, 6.45) is 0.725. The van der Waals surface area contributed by atoms with Gasteiger partial charge in [0.05, 0.1) is 0 Å². The molecular formula is C8H5AcBrO. The van der Waals surface area contributed by atoms with Gasteiger partial charge in [-0.25, -0.2) is 0 Å². The molecule has 1 aromatic carbocycles. The van der Waals surface area contributed by atoms with Gasteiger partial charge >= 0.3 is 96.8 Å². The minimum absolute atomic E-state index is 0.551. The Morgan fingerprint density at radius 1 is 1.45 bits per heavy atom. The first kappa shape index (κ1) is 8.41. The summed E-state index contributed by atoms with van der Waals surface area (Å²) < 4.78 is 3.07. The fourth-order valence-electron chi connectivity index (χ4n) is 1.27. The van der Waals surface area contributed by atoms with Crippen LogP contribution >= 0.6 is 15.9 Å². The Kier molecular flexibility index (Phi) is 2.51. The van der Waals surface area contributed by atoms with Gasteiger partial charge in [0.1, 0.15) is 0 Å². The van der Waals surface area contributed by atoms with Gasteiger partial charge in [0.15, 0.2) is 0 Å². The van der Waals surface area contributed by atoms with E-state index in [1.807, 2.05) is 6.07 Å². The van der Waals surface area contributed by atoms with E-state index < -0.39 is 39.7 Å². The summed E-state index contributed by atoms with van der Waals surface area (Å²) in [5, 5.41) is 0. The summed E-state index contributed by atoms with van der Waals surface area (Å²) in [5.41, 5.74) is 1.29. The first-order valence-corrected chi connectivity index (χ1v) is 8.95. The Morgan fingerprint density at radius 3 is 3.09 bits per heavy atom. The number of benzene rings is 1. The summed E-state index contributed by atoms with van der Waals surface area (Å²) in [7, 11) is 0. The summed E-state index contributed by atoms with van der Waals surface area (Å²) in [6, 6.07) is 6.22. The Balaban J connectivity index is 2.51. The average Bonchev–Trinajstić information content (AvgIpc) is 2.27. The van der Waals surface area contributed by atoms with Crippen molar-refractivity contribution >= 4 is 17.6 Å². The third-order valence-electron chi connectivity index (χ3n) is 1.79. The first-order valence-electron chi connectivity index (χ1n) is 3.42. The number of carbonyl (C=O) groups is 1. The van der Waals surface area contributed by atoms with Crippen molar-refractivity contribution in [2.75, 3.05) is 0 Å². The number of hydrogen-bond donors (Lipinski definition) is 0. The van der Waals surface area contributed by atoms with Crippen molar-refractivity contribution in [3.63, 3.8) is 0 Å². The molecule has 0 saturated heterocycles. The Hall–Kier alpha value is 0.812. The Morgan fingerprint density at radius 2 is 2.27 bits per heavy atom. The van der Waals surface area contributed by atoms with Crippen LogP contribution in [-0.2, 0) is 11.2 Å². The maximum absolute atomic E-state index is 11.1. The van der Waals surface area contributed by atoms with Crippen LogP contribution in [0, 0.1) is 39.7 Å². The van der Waals surface area contributed by atoms with Gasteiger partial charge in [0.2, 0.25) is 0 Å². The van der Waals surface area contributed by atoms with E-state index in [4.69, 9.17) is 0 Å². The van der Waals surface area contributed by atoms with Crippen LogP contribution in [0.25, 0.3) is 0 Å². The molecule has 53 valence electrons. The van der Waals surface area contributed by atoms with Crippen molar-refractivity contribution < 1.29 is 44.5 Å². The molecule has 0 spiro atoms. The molecule has 11 heavy (non-hydrogen) atoms. The van der Waals surface area contributed by atoms with Gasteiger partial charge in [-0.05, 0) is 0 Å². The van der Waals surface area contributed by atoms with Gasteiger partial charge in [-0.1, -0.05) is 0 Å². The van der Waals surface area contributed by atoms with Crippen LogP contribution in [0.15, 0.2) is 22.7 Å². The molecule has 0 saturated carbocycles. The zero-order valence-corrected chi connectivity index (χ0v) is 12.1. The maximum atomic E-state index is 11.1. The summed E-state index contributed by atoms with van der Waals surface area (Å²) in [5.74, 6) is 0. The van der Waals surface area contributed by atoms with Gasteiger partial charge in [-0.2, -0.15) is 0 Å². The molecule has 1 aliphatic rings. The van der Waals surface area contributed by atoms with Gasteiger partial charge in [-0.15, -0.1) is 0 Å². The SMILES string of the molecule is O=[C]1Cc2ccc(Br)c[c]2[Ac]1. The van der Waals surface area contributed by atoms with E-state index in [0.717, 1.165) is 10.9 Å². The van der Waals surface area contributed by atoms with Crippen molar-refractivity contribution in [3.8, 4) is 0 Å². The zero-order valence-electron chi connectivity index (χ0n) is 5.80. The second-order valence-electron chi connectivity index (χ2n) is 2.63. The molecule has 0 aliphatic carbocycles. The van der Waals surface area contributed by atoms with E-state index in [2.05, 4.69) is 28.1 Å². The van der Waals surface area contributed by atoms with Crippen LogP contribution in [0.5, 0.6) is 0 Å². The van der Waals surface area contributed by atoms with Gasteiger partial charge < -0.3 is 0 Å². The molecule has 0 aromatic heterocycles.